The summed E-state index contributed by atoms with van der Waals surface area (Å²) in [5.41, 5.74) is 3.07. The van der Waals surface area contributed by atoms with Crippen molar-refractivity contribution in [3.63, 3.8) is 0 Å². The van der Waals surface area contributed by atoms with Crippen LogP contribution in [0.1, 0.15) is 28.9 Å². The van der Waals surface area contributed by atoms with Gasteiger partial charge in [0.1, 0.15) is 29.9 Å². The summed E-state index contributed by atoms with van der Waals surface area (Å²) in [6, 6.07) is 3.04. The molecule has 1 aliphatic carbocycles. The normalized spacial score (nSPS) is 20.2. The molecule has 1 saturated heterocycles. The molecule has 3 aromatic rings. The number of aromatic amines is 1. The molecule has 2 amide bonds. The zero-order chi connectivity index (χ0) is 26.4. The number of aromatic nitrogens is 3. The number of methoxy groups -OCH3 is 1. The van der Waals surface area contributed by atoms with Crippen molar-refractivity contribution >= 4 is 22.8 Å². The molecule has 2 aromatic heterocycles. The van der Waals surface area contributed by atoms with Crippen LogP contribution < -0.4 is 19.5 Å². The van der Waals surface area contributed by atoms with Crippen LogP contribution in [0.4, 0.5) is 0 Å². The highest BCUT2D eigenvalue weighted by atomic mass is 16.7. The van der Waals surface area contributed by atoms with Gasteiger partial charge in [-0.1, -0.05) is 0 Å². The molecule has 12 heteroatoms. The van der Waals surface area contributed by atoms with E-state index in [4.69, 9.17) is 18.9 Å². The van der Waals surface area contributed by atoms with Crippen LogP contribution in [0.5, 0.6) is 17.2 Å². The number of fused-ring (bicyclic) bond motifs is 2. The molecule has 4 heterocycles. The predicted octanol–water partition coefficient (Wildman–Crippen LogP) is 1.40. The summed E-state index contributed by atoms with van der Waals surface area (Å²) in [5, 5.41) is 13.4. The summed E-state index contributed by atoms with van der Waals surface area (Å²) in [5.74, 6) is 1.64. The lowest BCUT2D eigenvalue weighted by molar-refractivity contribution is -0.134. The number of benzene rings is 1. The van der Waals surface area contributed by atoms with Gasteiger partial charge in [0.25, 0.3) is 5.91 Å². The first-order chi connectivity index (χ1) is 18.4. The minimum Gasteiger partial charge on any atom is -0.492 e. The van der Waals surface area contributed by atoms with Gasteiger partial charge in [0.15, 0.2) is 11.5 Å². The lowest BCUT2D eigenvalue weighted by Crippen LogP contribution is -2.43. The second kappa shape index (κ2) is 9.76. The van der Waals surface area contributed by atoms with Crippen molar-refractivity contribution in [2.75, 3.05) is 40.2 Å². The largest absolute Gasteiger partial charge is 0.492 e. The van der Waals surface area contributed by atoms with Crippen LogP contribution in [-0.2, 0) is 9.53 Å². The van der Waals surface area contributed by atoms with E-state index in [2.05, 4.69) is 20.3 Å². The van der Waals surface area contributed by atoms with E-state index in [0.717, 1.165) is 12.8 Å². The topological polar surface area (TPSA) is 148 Å². The number of aryl methyl sites for hydroxylation is 1. The van der Waals surface area contributed by atoms with E-state index in [9.17, 15) is 14.7 Å². The second-order valence-electron chi connectivity index (χ2n) is 9.88. The van der Waals surface area contributed by atoms with Gasteiger partial charge in [0.05, 0.1) is 35.4 Å². The molecule has 12 nitrogen and oxygen atoms in total. The first kappa shape index (κ1) is 24.4. The van der Waals surface area contributed by atoms with Gasteiger partial charge in [0, 0.05) is 25.9 Å². The predicted molar refractivity (Wildman–Crippen MR) is 134 cm³/mol. The van der Waals surface area contributed by atoms with Gasteiger partial charge in [-0.25, -0.2) is 9.97 Å². The van der Waals surface area contributed by atoms with E-state index in [1.807, 2.05) is 12.1 Å². The number of nitrogens with one attached hydrogen (secondary N) is 2. The summed E-state index contributed by atoms with van der Waals surface area (Å²) in [4.78, 5) is 39.3. The van der Waals surface area contributed by atoms with Gasteiger partial charge in [0.2, 0.25) is 12.7 Å². The Kier molecular flexibility index (Phi) is 6.28. The number of ether oxygens (including phenoxy) is 4. The maximum absolute atomic E-state index is 13.4. The Morgan fingerprint density at radius 3 is 2.87 bits per heavy atom. The van der Waals surface area contributed by atoms with E-state index in [0.29, 0.717) is 63.3 Å². The Labute approximate surface area is 218 Å². The number of amides is 2. The van der Waals surface area contributed by atoms with E-state index in [-0.39, 0.29) is 32.4 Å². The first-order valence-electron chi connectivity index (χ1n) is 12.6. The van der Waals surface area contributed by atoms with Gasteiger partial charge in [-0.05, 0) is 37.8 Å². The van der Waals surface area contributed by atoms with Crippen molar-refractivity contribution in [1.82, 2.24) is 25.2 Å². The Hall–Kier alpha value is -3.90. The number of likely N-dealkylation sites (tertiary alicyclic amines) is 1. The zero-order valence-corrected chi connectivity index (χ0v) is 21.2. The molecule has 3 aliphatic rings. The molecule has 0 radical (unpaired) electrons. The summed E-state index contributed by atoms with van der Waals surface area (Å²) in [6.07, 6.45) is 2.81. The number of nitrogens with zero attached hydrogens (tertiary/aromatic N) is 3. The van der Waals surface area contributed by atoms with Crippen LogP contribution in [0.25, 0.3) is 22.3 Å². The summed E-state index contributed by atoms with van der Waals surface area (Å²) in [7, 11) is 1.44. The maximum atomic E-state index is 13.4. The van der Waals surface area contributed by atoms with Crippen LogP contribution in [0, 0.1) is 12.8 Å². The summed E-state index contributed by atoms with van der Waals surface area (Å²) in [6.45, 7) is 2.70. The van der Waals surface area contributed by atoms with Gasteiger partial charge in [-0.2, -0.15) is 0 Å². The molecular formula is C26H29N5O7. The number of aliphatic hydroxyl groups is 1. The van der Waals surface area contributed by atoms with Crippen LogP contribution in [0.3, 0.4) is 0 Å². The summed E-state index contributed by atoms with van der Waals surface area (Å²) < 4.78 is 22.5. The van der Waals surface area contributed by atoms with Crippen molar-refractivity contribution in [3.8, 4) is 28.5 Å². The van der Waals surface area contributed by atoms with Gasteiger partial charge in [-0.15, -0.1) is 0 Å². The molecule has 2 fully saturated rings. The van der Waals surface area contributed by atoms with Crippen LogP contribution >= 0.6 is 0 Å². The van der Waals surface area contributed by atoms with Crippen LogP contribution in [0.15, 0.2) is 18.5 Å². The fraction of sp³-hybridized carbons (Fsp3) is 0.462. The number of carbonyl (C=O) groups excluding carboxylic acids is 2. The van der Waals surface area contributed by atoms with Crippen LogP contribution in [0.2, 0.25) is 0 Å². The molecule has 2 atom stereocenters. The van der Waals surface area contributed by atoms with E-state index in [1.165, 1.54) is 18.3 Å². The lowest BCUT2D eigenvalue weighted by atomic mass is 10.1. The Morgan fingerprint density at radius 1 is 1.24 bits per heavy atom. The molecular weight excluding hydrogens is 494 g/mol. The molecule has 0 unspecified atom stereocenters. The maximum Gasteiger partial charge on any atom is 0.255 e. The van der Waals surface area contributed by atoms with E-state index >= 15 is 0 Å². The third kappa shape index (κ3) is 4.39. The first-order valence-corrected chi connectivity index (χ1v) is 12.6. The SMILES string of the molecule is COCC(=O)N1C[C@@H](O)[C@H](NC(=O)c2c(C)[nH]c3c(-c4c(OCC5CC5)ccc5c4OCO5)ncnc23)C1. The van der Waals surface area contributed by atoms with E-state index in [1.54, 1.807) is 6.92 Å². The molecule has 2 aliphatic heterocycles. The monoisotopic (exact) mass is 523 g/mol. The van der Waals surface area contributed by atoms with Gasteiger partial charge in [-0.3, -0.25) is 9.59 Å². The van der Waals surface area contributed by atoms with Crippen LogP contribution in [-0.4, -0.2) is 89.1 Å². The molecule has 3 N–H and O–H groups in total. The lowest BCUT2D eigenvalue weighted by Gasteiger charge is -2.16. The molecule has 6 rings (SSSR count). The van der Waals surface area contributed by atoms with E-state index < -0.39 is 18.1 Å². The number of H-pyrrole nitrogens is 1. The number of aliphatic hydroxyl groups excluding tert-OH is 1. The fourth-order valence-corrected chi connectivity index (χ4v) is 4.97. The van der Waals surface area contributed by atoms with Crippen molar-refractivity contribution in [1.29, 1.82) is 0 Å². The number of rotatable bonds is 8. The third-order valence-corrected chi connectivity index (χ3v) is 7.13. The molecule has 200 valence electrons. The van der Waals surface area contributed by atoms with Crippen molar-refractivity contribution in [2.45, 2.75) is 31.9 Å². The van der Waals surface area contributed by atoms with Gasteiger partial charge < -0.3 is 39.3 Å². The molecule has 1 aromatic carbocycles. The van der Waals surface area contributed by atoms with Crippen molar-refractivity contribution in [2.24, 2.45) is 5.92 Å². The highest BCUT2D eigenvalue weighted by molar-refractivity contribution is 6.09. The van der Waals surface area contributed by atoms with Crippen molar-refractivity contribution < 1.29 is 33.6 Å². The van der Waals surface area contributed by atoms with Gasteiger partial charge >= 0.3 is 0 Å². The summed E-state index contributed by atoms with van der Waals surface area (Å²) >= 11 is 0. The Morgan fingerprint density at radius 2 is 2.08 bits per heavy atom. The standard InChI is InChI=1S/C26H29N5O7/c1-13-20(26(34)30-15-7-31(8-16(15)32)19(33)10-35-2)22-24(29-13)23(28-11-27-22)21-17(36-9-14-3-4-14)5-6-18-25(21)38-12-37-18/h5-6,11,14-16,29,32H,3-4,7-10,12H2,1-2H3,(H,30,34)/t15-,16-/m1/s1. The average Bonchev–Trinajstić information content (AvgIpc) is 3.30. The zero-order valence-electron chi connectivity index (χ0n) is 21.2. The smallest absolute Gasteiger partial charge is 0.255 e. The third-order valence-electron chi connectivity index (χ3n) is 7.13. The highest BCUT2D eigenvalue weighted by Crippen LogP contribution is 2.48. The van der Waals surface area contributed by atoms with Crippen molar-refractivity contribution in [3.05, 3.63) is 29.7 Å². The molecule has 1 saturated carbocycles. The molecule has 0 spiro atoms. The molecule has 0 bridgehead atoms. The minimum atomic E-state index is -0.898. The quantitative estimate of drug-likeness (QED) is 0.398. The molecule has 38 heavy (non-hydrogen) atoms. The highest BCUT2D eigenvalue weighted by Gasteiger charge is 2.36. The average molecular weight is 524 g/mol. The Balaban J connectivity index is 1.33. The fourth-order valence-electron chi connectivity index (χ4n) is 4.97. The number of hydrogen-bond acceptors (Lipinski definition) is 9. The number of β-amino-alcohol motifs (C(OH)–C–C–N with tert-alkyl or cyclic N) is 1. The minimum absolute atomic E-state index is 0.0844. The second-order valence-corrected chi connectivity index (χ2v) is 9.88. The number of carbonyl (C=O) groups is 2. The Bertz CT molecular complexity index is 1400. The number of hydrogen-bond donors (Lipinski definition) is 3.